The summed E-state index contributed by atoms with van der Waals surface area (Å²) >= 11 is 7.95. The summed E-state index contributed by atoms with van der Waals surface area (Å²) in [6.07, 6.45) is 1.68. The third-order valence-corrected chi connectivity index (χ3v) is 10.3. The quantitative estimate of drug-likeness (QED) is 0.300. The number of nitrogens with zero attached hydrogens (tertiary/aromatic N) is 1. The van der Waals surface area contributed by atoms with Crippen LogP contribution in [0, 0.1) is 0 Å². The zero-order chi connectivity index (χ0) is 28.6. The van der Waals surface area contributed by atoms with Crippen LogP contribution in [0.1, 0.15) is 24.0 Å². The van der Waals surface area contributed by atoms with Gasteiger partial charge in [0.1, 0.15) is 15.4 Å². The fourth-order valence-corrected chi connectivity index (χ4v) is 8.28. The normalized spacial score (nSPS) is 15.7. The molecule has 11 heteroatoms. The Morgan fingerprint density at radius 3 is 2.35 bits per heavy atom. The molecule has 1 aliphatic rings. The van der Waals surface area contributed by atoms with Crippen LogP contribution in [0.4, 0.5) is 0 Å². The lowest BCUT2D eigenvalue weighted by molar-refractivity contribution is -0.136. The van der Waals surface area contributed by atoms with E-state index in [2.05, 4.69) is 31.9 Å². The zero-order valence-corrected chi connectivity index (χ0v) is 25.8. The molecule has 0 unspecified atom stereocenters. The lowest BCUT2D eigenvalue weighted by Gasteiger charge is -2.28. The van der Waals surface area contributed by atoms with Crippen molar-refractivity contribution in [3.05, 3.63) is 123 Å². The third-order valence-electron chi connectivity index (χ3n) is 6.27. The van der Waals surface area contributed by atoms with Gasteiger partial charge in [0.25, 0.3) is 5.56 Å². The van der Waals surface area contributed by atoms with Crippen LogP contribution in [-0.4, -0.2) is 25.6 Å². The van der Waals surface area contributed by atoms with Gasteiger partial charge in [0.15, 0.2) is 0 Å². The van der Waals surface area contributed by atoms with Crippen LogP contribution < -0.4 is 20.5 Å². The van der Waals surface area contributed by atoms with E-state index in [1.54, 1.807) is 55.5 Å². The van der Waals surface area contributed by atoms with Crippen molar-refractivity contribution >= 4 is 76.5 Å². The second-order valence-corrected chi connectivity index (χ2v) is 13.6. The van der Waals surface area contributed by atoms with Crippen molar-refractivity contribution in [1.29, 1.82) is 0 Å². The number of esters is 1. The summed E-state index contributed by atoms with van der Waals surface area (Å²) in [6, 6.07) is 22.2. The highest BCUT2D eigenvalue weighted by Gasteiger charge is 2.42. The smallest absolute Gasteiger partial charge is 0.338 e. The van der Waals surface area contributed by atoms with E-state index < -0.39 is 27.3 Å². The number of nitrogens with two attached hydrogens (primary N) is 1. The zero-order valence-electron chi connectivity index (χ0n) is 21.0. The minimum Gasteiger partial charge on any atom is -0.463 e. The molecule has 7 nitrogen and oxygen atoms in total. The summed E-state index contributed by atoms with van der Waals surface area (Å²) < 4.78 is 37.0. The minimum atomic E-state index is -4.28. The number of benzene rings is 3. The van der Waals surface area contributed by atoms with Crippen molar-refractivity contribution in [1.82, 2.24) is 4.57 Å². The van der Waals surface area contributed by atoms with Gasteiger partial charge in [0.05, 0.1) is 27.5 Å². The molecule has 204 valence electrons. The van der Waals surface area contributed by atoms with Crippen LogP contribution in [0.2, 0.25) is 0 Å². The predicted molar refractivity (Wildman–Crippen MR) is 163 cm³/mol. The summed E-state index contributed by atoms with van der Waals surface area (Å²) in [5.74, 6) is -2.12. The molecule has 3 aromatic carbocycles. The molecule has 0 bridgehead atoms. The number of allylic oxidation sites excluding steroid dienone is 1. The lowest BCUT2D eigenvalue weighted by Crippen LogP contribution is -2.41. The molecule has 5 rings (SSSR count). The van der Waals surface area contributed by atoms with E-state index >= 15 is 0 Å². The van der Waals surface area contributed by atoms with E-state index in [1.165, 1.54) is 12.1 Å². The molecule has 1 aromatic heterocycles. The van der Waals surface area contributed by atoms with Gasteiger partial charge >= 0.3 is 5.97 Å². The van der Waals surface area contributed by atoms with Crippen LogP contribution in [0.5, 0.6) is 0 Å². The molecule has 1 aliphatic heterocycles. The molecule has 0 saturated heterocycles. The van der Waals surface area contributed by atoms with Crippen LogP contribution in [0.25, 0.3) is 17.5 Å². The summed E-state index contributed by atoms with van der Waals surface area (Å²) in [5, 5.41) is 0. The molecule has 0 saturated carbocycles. The first-order valence-corrected chi connectivity index (χ1v) is 16.0. The van der Waals surface area contributed by atoms with E-state index in [0.29, 0.717) is 10.0 Å². The average Bonchev–Trinajstić information content (AvgIpc) is 3.24. The molecule has 0 radical (unpaired) electrons. The fraction of sp³-hybridized carbons (Fsp3) is 0.103. The molecule has 2 N–H and O–H groups in total. The van der Waals surface area contributed by atoms with Gasteiger partial charge in [-0.15, -0.1) is 11.3 Å². The molecule has 1 atom stereocenters. The number of fused-ring (bicyclic) bond motifs is 1. The average molecular weight is 702 g/mol. The second kappa shape index (κ2) is 11.3. The predicted octanol–water partition coefficient (Wildman–Crippen LogP) is 4.33. The molecule has 40 heavy (non-hydrogen) atoms. The van der Waals surface area contributed by atoms with Gasteiger partial charge in [-0.1, -0.05) is 74.3 Å². The molecule has 4 aromatic rings. The highest BCUT2D eigenvalue weighted by atomic mass is 79.9. The Morgan fingerprint density at radius 1 is 1.02 bits per heavy atom. The van der Waals surface area contributed by atoms with Crippen molar-refractivity contribution in [3.63, 3.8) is 0 Å². The Kier molecular flexibility index (Phi) is 8.01. The first-order chi connectivity index (χ1) is 19.1. The monoisotopic (exact) mass is 700 g/mol. The standard InChI is InChI=1S/C29H22Br2N2O5S2/c1-2-38-29(35)24-23(18-9-7-11-20(31)16-18)25(40(36,37)21-12-4-3-5-13-21)26(32)33-27(34)22(39-28(24)33)15-17-8-6-10-19(30)14-17/h3-16,23H,2,32H2,1H3/b22-15-/t23-/m0/s1. The molecule has 0 spiro atoms. The topological polar surface area (TPSA) is 108 Å². The fourth-order valence-electron chi connectivity index (χ4n) is 4.58. The highest BCUT2D eigenvalue weighted by molar-refractivity contribution is 9.10. The van der Waals surface area contributed by atoms with Gasteiger partial charge in [-0.2, -0.15) is 0 Å². The summed E-state index contributed by atoms with van der Waals surface area (Å²) in [4.78, 5) is 27.1. The lowest BCUT2D eigenvalue weighted by atomic mass is 9.89. The van der Waals surface area contributed by atoms with E-state index in [-0.39, 0.29) is 37.0 Å². The van der Waals surface area contributed by atoms with E-state index in [1.807, 2.05) is 24.3 Å². The summed E-state index contributed by atoms with van der Waals surface area (Å²) in [7, 11) is -4.28. The number of halogens is 2. The van der Waals surface area contributed by atoms with Crippen molar-refractivity contribution in [3.8, 4) is 0 Å². The maximum atomic E-state index is 14.2. The number of ether oxygens (including phenoxy) is 1. The molecule has 0 aliphatic carbocycles. The number of aromatic nitrogens is 1. The van der Waals surface area contributed by atoms with Crippen molar-refractivity contribution < 1.29 is 17.9 Å². The first-order valence-electron chi connectivity index (χ1n) is 12.1. The number of carbonyl (C=O) groups excluding carboxylic acids is 1. The van der Waals surface area contributed by atoms with Crippen molar-refractivity contribution in [2.45, 2.75) is 17.7 Å². The Balaban J connectivity index is 1.94. The van der Waals surface area contributed by atoms with Crippen LogP contribution in [-0.2, 0) is 19.4 Å². The number of carbonyl (C=O) groups is 1. The SMILES string of the molecule is CCOC(=O)C1=c2s/c(=C\c3cccc(Br)c3)c(=O)n2C(N)=C(S(=O)(=O)c2ccccc2)[C@H]1c1cccc(Br)c1. The van der Waals surface area contributed by atoms with Crippen LogP contribution in [0.3, 0.4) is 0 Å². The van der Waals surface area contributed by atoms with Crippen LogP contribution in [0.15, 0.2) is 102 Å². The molecule has 0 fully saturated rings. The minimum absolute atomic E-state index is 0.0104. The maximum absolute atomic E-state index is 14.2. The largest absolute Gasteiger partial charge is 0.463 e. The second-order valence-electron chi connectivity index (χ2n) is 8.80. The van der Waals surface area contributed by atoms with Gasteiger partial charge in [0.2, 0.25) is 9.84 Å². The maximum Gasteiger partial charge on any atom is 0.338 e. The van der Waals surface area contributed by atoms with Gasteiger partial charge in [-0.25, -0.2) is 13.2 Å². The Bertz CT molecular complexity index is 1960. The number of thiazole rings is 1. The van der Waals surface area contributed by atoms with Crippen LogP contribution >= 0.6 is 43.2 Å². The third kappa shape index (κ3) is 5.14. The van der Waals surface area contributed by atoms with E-state index in [0.717, 1.165) is 25.9 Å². The number of sulfone groups is 1. The van der Waals surface area contributed by atoms with E-state index in [4.69, 9.17) is 10.5 Å². The Hall–Kier alpha value is -3.25. The van der Waals surface area contributed by atoms with Crippen molar-refractivity contribution in [2.75, 3.05) is 6.61 Å². The molecule has 0 amide bonds. The highest BCUT2D eigenvalue weighted by Crippen LogP contribution is 2.42. The Morgan fingerprint density at radius 2 is 1.70 bits per heavy atom. The Labute approximate surface area is 251 Å². The van der Waals surface area contributed by atoms with Gasteiger partial charge in [-0.05, 0) is 60.5 Å². The molecular formula is C29H22Br2N2O5S2. The molecule has 2 heterocycles. The summed E-state index contributed by atoms with van der Waals surface area (Å²) in [6.45, 7) is 1.72. The number of rotatable bonds is 6. The number of hydrogen-bond donors (Lipinski definition) is 1. The van der Waals surface area contributed by atoms with E-state index in [9.17, 15) is 18.0 Å². The van der Waals surface area contributed by atoms with Gasteiger partial charge < -0.3 is 10.5 Å². The first kappa shape index (κ1) is 28.3. The van der Waals surface area contributed by atoms with Gasteiger partial charge in [-0.3, -0.25) is 9.36 Å². The number of hydrogen-bond acceptors (Lipinski definition) is 7. The summed E-state index contributed by atoms with van der Waals surface area (Å²) in [5.41, 5.74) is 7.35. The molecular weight excluding hydrogens is 680 g/mol. The van der Waals surface area contributed by atoms with Gasteiger partial charge in [0, 0.05) is 8.95 Å². The van der Waals surface area contributed by atoms with Crippen molar-refractivity contribution in [2.24, 2.45) is 5.73 Å².